The molecule has 20 heavy (non-hydrogen) atoms. The Morgan fingerprint density at radius 1 is 1.20 bits per heavy atom. The maximum absolute atomic E-state index is 12.1. The van der Waals surface area contributed by atoms with Crippen molar-refractivity contribution >= 4 is 6.09 Å². The Kier molecular flexibility index (Phi) is 5.45. The summed E-state index contributed by atoms with van der Waals surface area (Å²) < 4.78 is 5.19. The zero-order valence-corrected chi connectivity index (χ0v) is 12.5. The second kappa shape index (κ2) is 7.32. The molecule has 2 rings (SSSR count). The Labute approximate surface area is 122 Å². The molecule has 2 bridgehead atoms. The van der Waals surface area contributed by atoms with Crippen LogP contribution in [0.2, 0.25) is 0 Å². The number of hydrogen-bond acceptors (Lipinski definition) is 2. The lowest BCUT2D eigenvalue weighted by Crippen LogP contribution is -2.41. The topological polar surface area (TPSA) is 29.5 Å². The van der Waals surface area contributed by atoms with Gasteiger partial charge in [0.1, 0.15) is 0 Å². The highest BCUT2D eigenvalue weighted by molar-refractivity contribution is 5.72. The van der Waals surface area contributed by atoms with Gasteiger partial charge in [-0.25, -0.2) is 4.79 Å². The number of hydrogen-bond donors (Lipinski definition) is 0. The number of allylic oxidation sites excluding steroid dienone is 2. The molecule has 3 nitrogen and oxygen atoms in total. The predicted octanol–water partition coefficient (Wildman–Crippen LogP) is 4.22. The molecule has 2 aliphatic heterocycles. The van der Waals surface area contributed by atoms with Crippen molar-refractivity contribution in [2.45, 2.75) is 58.0 Å². The van der Waals surface area contributed by atoms with Gasteiger partial charge in [-0.1, -0.05) is 56.6 Å². The summed E-state index contributed by atoms with van der Waals surface area (Å²) in [5.74, 6) is 0. The molecule has 0 aromatic carbocycles. The number of carbonyl (C=O) groups excluding carboxylic acids is 1. The van der Waals surface area contributed by atoms with Gasteiger partial charge >= 0.3 is 6.09 Å². The lowest BCUT2D eigenvalue weighted by molar-refractivity contribution is 0.103. The first-order chi connectivity index (χ1) is 9.77. The Bertz CT molecular complexity index is 423. The van der Waals surface area contributed by atoms with E-state index in [2.05, 4.69) is 25.2 Å². The van der Waals surface area contributed by atoms with E-state index < -0.39 is 0 Å². The average molecular weight is 275 g/mol. The van der Waals surface area contributed by atoms with Gasteiger partial charge in [-0.2, -0.15) is 0 Å². The molecular weight excluding hydrogens is 250 g/mol. The summed E-state index contributed by atoms with van der Waals surface area (Å²) in [4.78, 5) is 14.0. The summed E-state index contributed by atoms with van der Waals surface area (Å²) in [5, 5.41) is 0. The van der Waals surface area contributed by atoms with Crippen molar-refractivity contribution in [3.63, 3.8) is 0 Å². The third kappa shape index (κ3) is 3.33. The zero-order valence-electron chi connectivity index (χ0n) is 12.5. The van der Waals surface area contributed by atoms with Crippen LogP contribution in [0.3, 0.4) is 0 Å². The molecule has 0 saturated carbocycles. The van der Waals surface area contributed by atoms with Crippen molar-refractivity contribution in [3.8, 4) is 0 Å². The molecular formula is C17H25NO2. The third-order valence-corrected chi connectivity index (χ3v) is 3.90. The number of unbranched alkanes of at least 4 members (excludes halogenated alkanes) is 3. The molecule has 0 aromatic rings. The van der Waals surface area contributed by atoms with Crippen LogP contribution >= 0.6 is 0 Å². The first kappa shape index (κ1) is 14.9. The van der Waals surface area contributed by atoms with Gasteiger partial charge in [-0.15, -0.1) is 0 Å². The quantitative estimate of drug-likeness (QED) is 0.536. The molecule has 0 saturated heterocycles. The molecule has 0 aromatic heterocycles. The average Bonchev–Trinajstić information content (AvgIpc) is 2.62. The van der Waals surface area contributed by atoms with E-state index in [1.165, 1.54) is 31.3 Å². The SMILES string of the molecule is CCCCCCC1=CC2C=CC=CC1N2C(=O)OCC. The van der Waals surface area contributed by atoms with Crippen LogP contribution in [-0.4, -0.2) is 29.7 Å². The van der Waals surface area contributed by atoms with Crippen LogP contribution < -0.4 is 0 Å². The highest BCUT2D eigenvalue weighted by Gasteiger charge is 2.36. The highest BCUT2D eigenvalue weighted by atomic mass is 16.6. The van der Waals surface area contributed by atoms with Crippen LogP contribution in [0.15, 0.2) is 36.0 Å². The fourth-order valence-corrected chi connectivity index (χ4v) is 2.89. The molecule has 110 valence electrons. The number of ether oxygens (including phenoxy) is 1. The minimum Gasteiger partial charge on any atom is -0.450 e. The maximum Gasteiger partial charge on any atom is 0.411 e. The van der Waals surface area contributed by atoms with Crippen LogP contribution in [0.4, 0.5) is 4.79 Å². The fraction of sp³-hybridized carbons (Fsp3) is 0.588. The summed E-state index contributed by atoms with van der Waals surface area (Å²) >= 11 is 0. The van der Waals surface area contributed by atoms with Gasteiger partial charge in [0.2, 0.25) is 0 Å². The molecule has 2 heterocycles. The lowest BCUT2D eigenvalue weighted by Gasteiger charge is -2.27. The first-order valence-corrected chi connectivity index (χ1v) is 7.78. The monoisotopic (exact) mass is 275 g/mol. The number of carbonyl (C=O) groups is 1. The predicted molar refractivity (Wildman–Crippen MR) is 81.6 cm³/mol. The summed E-state index contributed by atoms with van der Waals surface area (Å²) in [6.45, 7) is 4.50. The minimum atomic E-state index is -0.210. The fourth-order valence-electron chi connectivity index (χ4n) is 2.89. The van der Waals surface area contributed by atoms with Gasteiger partial charge < -0.3 is 4.74 Å². The lowest BCUT2D eigenvalue weighted by atomic mass is 10.00. The van der Waals surface area contributed by atoms with Crippen molar-refractivity contribution in [2.24, 2.45) is 0 Å². The van der Waals surface area contributed by atoms with Gasteiger partial charge in [0.25, 0.3) is 0 Å². The standard InChI is InChI=1S/C17H25NO2/c1-3-5-6-7-10-14-13-15-11-8-9-12-16(14)18(15)17(19)20-4-2/h8-9,11-13,15-16H,3-7,10H2,1-2H3. The minimum absolute atomic E-state index is 0.0511. The van der Waals surface area contributed by atoms with E-state index in [-0.39, 0.29) is 18.2 Å². The Morgan fingerprint density at radius 2 is 2.00 bits per heavy atom. The number of amides is 1. The van der Waals surface area contributed by atoms with Crippen molar-refractivity contribution in [1.82, 2.24) is 4.90 Å². The molecule has 2 aliphatic rings. The van der Waals surface area contributed by atoms with E-state index >= 15 is 0 Å². The summed E-state index contributed by atoms with van der Waals surface area (Å²) in [6, 6.07) is 0.130. The van der Waals surface area contributed by atoms with Crippen molar-refractivity contribution < 1.29 is 9.53 Å². The summed E-state index contributed by atoms with van der Waals surface area (Å²) in [6.07, 6.45) is 16.3. The molecule has 0 spiro atoms. The van der Waals surface area contributed by atoms with Gasteiger partial charge in [-0.3, -0.25) is 4.90 Å². The Hall–Kier alpha value is -1.51. The van der Waals surface area contributed by atoms with E-state index in [1.807, 2.05) is 24.0 Å². The Morgan fingerprint density at radius 3 is 2.75 bits per heavy atom. The van der Waals surface area contributed by atoms with Crippen LogP contribution in [-0.2, 0) is 4.74 Å². The van der Waals surface area contributed by atoms with E-state index in [0.717, 1.165) is 6.42 Å². The van der Waals surface area contributed by atoms with E-state index in [1.54, 1.807) is 0 Å². The number of fused-ring (bicyclic) bond motifs is 2. The zero-order chi connectivity index (χ0) is 14.4. The van der Waals surface area contributed by atoms with Gasteiger partial charge in [0.05, 0.1) is 18.7 Å². The number of nitrogens with zero attached hydrogens (tertiary/aromatic N) is 1. The van der Waals surface area contributed by atoms with Crippen molar-refractivity contribution in [3.05, 3.63) is 36.0 Å². The van der Waals surface area contributed by atoms with Crippen LogP contribution in [0.25, 0.3) is 0 Å². The first-order valence-electron chi connectivity index (χ1n) is 7.78. The van der Waals surface area contributed by atoms with E-state index in [4.69, 9.17) is 4.74 Å². The molecule has 0 fully saturated rings. The summed E-state index contributed by atoms with van der Waals surface area (Å²) in [5.41, 5.74) is 1.36. The molecule has 0 aliphatic carbocycles. The van der Waals surface area contributed by atoms with Gasteiger partial charge in [-0.05, 0) is 25.3 Å². The molecule has 0 radical (unpaired) electrons. The summed E-state index contributed by atoms with van der Waals surface area (Å²) in [7, 11) is 0. The Balaban J connectivity index is 2.03. The van der Waals surface area contributed by atoms with E-state index in [9.17, 15) is 4.79 Å². The third-order valence-electron chi connectivity index (χ3n) is 3.90. The molecule has 3 heteroatoms. The van der Waals surface area contributed by atoms with Crippen LogP contribution in [0.1, 0.15) is 46.0 Å². The molecule has 0 N–H and O–H groups in total. The largest absolute Gasteiger partial charge is 0.450 e. The van der Waals surface area contributed by atoms with Gasteiger partial charge in [0.15, 0.2) is 0 Å². The van der Waals surface area contributed by atoms with Crippen LogP contribution in [0, 0.1) is 0 Å². The van der Waals surface area contributed by atoms with Crippen molar-refractivity contribution in [2.75, 3.05) is 6.61 Å². The number of rotatable bonds is 6. The normalized spacial score (nSPS) is 23.7. The molecule has 2 unspecified atom stereocenters. The van der Waals surface area contributed by atoms with Crippen LogP contribution in [0.5, 0.6) is 0 Å². The second-order valence-corrected chi connectivity index (χ2v) is 5.36. The second-order valence-electron chi connectivity index (χ2n) is 5.36. The molecule has 2 atom stereocenters. The maximum atomic E-state index is 12.1. The van der Waals surface area contributed by atoms with E-state index in [0.29, 0.717) is 6.61 Å². The van der Waals surface area contributed by atoms with Gasteiger partial charge in [0, 0.05) is 0 Å². The smallest absolute Gasteiger partial charge is 0.411 e. The molecule has 1 amide bonds. The highest BCUT2D eigenvalue weighted by Crippen LogP contribution is 2.31. The van der Waals surface area contributed by atoms with Crippen molar-refractivity contribution in [1.29, 1.82) is 0 Å².